The first-order chi connectivity index (χ1) is 9.95. The van der Waals surface area contributed by atoms with E-state index in [-0.39, 0.29) is 23.2 Å². The monoisotopic (exact) mass is 296 g/mol. The highest BCUT2D eigenvalue weighted by Crippen LogP contribution is 2.30. The van der Waals surface area contributed by atoms with Gasteiger partial charge in [0.1, 0.15) is 5.69 Å². The van der Waals surface area contributed by atoms with Gasteiger partial charge >= 0.3 is 6.18 Å². The molecule has 0 saturated heterocycles. The molecule has 21 heavy (non-hydrogen) atoms. The van der Waals surface area contributed by atoms with Gasteiger partial charge in [0.25, 0.3) is 0 Å². The summed E-state index contributed by atoms with van der Waals surface area (Å²) < 4.78 is 37.8. The third-order valence-electron chi connectivity index (χ3n) is 3.16. The fourth-order valence-corrected chi connectivity index (χ4v) is 1.88. The van der Waals surface area contributed by atoms with Crippen LogP contribution in [0.25, 0.3) is 10.9 Å². The molecule has 1 aliphatic rings. The Bertz CT molecular complexity index is 697. The molecule has 2 aromatic heterocycles. The average Bonchev–Trinajstić information content (AvgIpc) is 3.27. The van der Waals surface area contributed by atoms with Crippen molar-refractivity contribution in [3.63, 3.8) is 0 Å². The number of aromatic nitrogens is 2. The fourth-order valence-electron chi connectivity index (χ4n) is 1.88. The molecule has 8 heteroatoms. The van der Waals surface area contributed by atoms with Crippen LogP contribution in [0.2, 0.25) is 0 Å². The van der Waals surface area contributed by atoms with Crippen molar-refractivity contribution in [3.05, 3.63) is 30.1 Å². The Kier molecular flexibility index (Phi) is 3.15. The van der Waals surface area contributed by atoms with Crippen LogP contribution in [0.15, 0.2) is 24.4 Å². The molecule has 2 heterocycles. The standard InChI is InChI=1S/C13H11F3N4O/c14-13(15,16)10-4-3-8-9(18-10)5-6-17-11(8)19-20-12(21)7-1-2-7/h3-7H,1-2H2,(H,17,19)(H,20,21). The molecule has 1 amide bonds. The van der Waals surface area contributed by atoms with E-state index < -0.39 is 11.9 Å². The van der Waals surface area contributed by atoms with Crippen molar-refractivity contribution in [2.24, 2.45) is 5.92 Å². The van der Waals surface area contributed by atoms with E-state index in [9.17, 15) is 18.0 Å². The van der Waals surface area contributed by atoms with Gasteiger partial charge in [0.15, 0.2) is 5.82 Å². The van der Waals surface area contributed by atoms with Crippen molar-refractivity contribution < 1.29 is 18.0 Å². The van der Waals surface area contributed by atoms with Crippen LogP contribution >= 0.6 is 0 Å². The van der Waals surface area contributed by atoms with Gasteiger partial charge in [-0.15, -0.1) is 0 Å². The van der Waals surface area contributed by atoms with Gasteiger partial charge in [0.2, 0.25) is 5.91 Å². The predicted octanol–water partition coefficient (Wildman–Crippen LogP) is 2.50. The van der Waals surface area contributed by atoms with Crippen LogP contribution in [0.4, 0.5) is 19.0 Å². The van der Waals surface area contributed by atoms with E-state index in [1.54, 1.807) is 0 Å². The number of amides is 1. The first kappa shape index (κ1) is 13.6. The molecule has 2 aromatic rings. The van der Waals surface area contributed by atoms with Crippen molar-refractivity contribution in [2.75, 3.05) is 5.43 Å². The van der Waals surface area contributed by atoms with Gasteiger partial charge in [-0.2, -0.15) is 13.2 Å². The first-order valence-corrected chi connectivity index (χ1v) is 6.34. The largest absolute Gasteiger partial charge is 0.433 e. The second-order valence-corrected chi connectivity index (χ2v) is 4.81. The summed E-state index contributed by atoms with van der Waals surface area (Å²) in [5, 5.41) is 0.404. The summed E-state index contributed by atoms with van der Waals surface area (Å²) in [6, 6.07) is 3.56. The number of anilines is 1. The Balaban J connectivity index is 1.87. The zero-order valence-electron chi connectivity index (χ0n) is 10.7. The van der Waals surface area contributed by atoms with Crippen molar-refractivity contribution in [3.8, 4) is 0 Å². The second kappa shape index (κ2) is 4.87. The Labute approximate surface area is 117 Å². The van der Waals surface area contributed by atoms with Crippen molar-refractivity contribution >= 4 is 22.6 Å². The van der Waals surface area contributed by atoms with Crippen molar-refractivity contribution in [2.45, 2.75) is 19.0 Å². The van der Waals surface area contributed by atoms with Gasteiger partial charge < -0.3 is 0 Å². The summed E-state index contributed by atoms with van der Waals surface area (Å²) in [5.41, 5.74) is 4.32. The lowest BCUT2D eigenvalue weighted by Crippen LogP contribution is -2.31. The minimum absolute atomic E-state index is 0.0161. The summed E-state index contributed by atoms with van der Waals surface area (Å²) in [6.07, 6.45) is -1.45. The van der Waals surface area contributed by atoms with Crippen molar-refractivity contribution in [1.29, 1.82) is 0 Å². The maximum atomic E-state index is 12.6. The SMILES string of the molecule is O=C(NNc1nccc2nc(C(F)(F)F)ccc12)C1CC1. The lowest BCUT2D eigenvalue weighted by molar-refractivity contribution is -0.141. The highest BCUT2D eigenvalue weighted by Gasteiger charge is 2.32. The predicted molar refractivity (Wildman–Crippen MR) is 69.0 cm³/mol. The Hall–Kier alpha value is -2.38. The lowest BCUT2D eigenvalue weighted by atomic mass is 10.2. The zero-order chi connectivity index (χ0) is 15.0. The number of carbonyl (C=O) groups is 1. The third-order valence-corrected chi connectivity index (χ3v) is 3.16. The zero-order valence-corrected chi connectivity index (χ0v) is 10.7. The quantitative estimate of drug-likeness (QED) is 0.854. The smallest absolute Gasteiger partial charge is 0.281 e. The number of rotatable bonds is 3. The Morgan fingerprint density at radius 2 is 2.00 bits per heavy atom. The van der Waals surface area contributed by atoms with Gasteiger partial charge in [0, 0.05) is 17.5 Å². The molecule has 0 bridgehead atoms. The highest BCUT2D eigenvalue weighted by atomic mass is 19.4. The summed E-state index contributed by atoms with van der Waals surface area (Å²) >= 11 is 0. The van der Waals surface area contributed by atoms with Gasteiger partial charge in [-0.25, -0.2) is 9.97 Å². The summed E-state index contributed by atoms with van der Waals surface area (Å²) in [7, 11) is 0. The molecule has 1 aliphatic carbocycles. The van der Waals surface area contributed by atoms with Crippen molar-refractivity contribution in [1.82, 2.24) is 15.4 Å². The molecule has 2 N–H and O–H groups in total. The topological polar surface area (TPSA) is 66.9 Å². The third kappa shape index (κ3) is 2.88. The molecule has 3 rings (SSSR count). The second-order valence-electron chi connectivity index (χ2n) is 4.81. The number of halogens is 3. The van der Waals surface area contributed by atoms with Crippen LogP contribution in [0.5, 0.6) is 0 Å². The van der Waals surface area contributed by atoms with E-state index in [0.29, 0.717) is 5.39 Å². The molecule has 0 atom stereocenters. The van der Waals surface area contributed by atoms with E-state index in [1.165, 1.54) is 18.3 Å². The summed E-state index contributed by atoms with van der Waals surface area (Å²) in [4.78, 5) is 19.1. The Morgan fingerprint density at radius 3 is 2.67 bits per heavy atom. The number of alkyl halides is 3. The first-order valence-electron chi connectivity index (χ1n) is 6.34. The number of pyridine rings is 2. The highest BCUT2D eigenvalue weighted by molar-refractivity contribution is 5.90. The summed E-state index contributed by atoms with van der Waals surface area (Å²) in [5.74, 6) is 0.138. The van der Waals surface area contributed by atoms with Crippen LogP contribution in [0, 0.1) is 5.92 Å². The molecule has 1 fully saturated rings. The van der Waals surface area contributed by atoms with E-state index in [4.69, 9.17) is 0 Å². The number of nitrogens with zero attached hydrogens (tertiary/aromatic N) is 2. The molecular weight excluding hydrogens is 285 g/mol. The molecule has 0 aromatic carbocycles. The number of nitrogens with one attached hydrogen (secondary N) is 2. The van der Waals surface area contributed by atoms with Gasteiger partial charge in [-0.1, -0.05) is 0 Å². The normalized spacial score (nSPS) is 15.0. The Morgan fingerprint density at radius 1 is 1.24 bits per heavy atom. The van der Waals surface area contributed by atoms with Crippen LogP contribution in [0.1, 0.15) is 18.5 Å². The molecule has 0 spiro atoms. The molecule has 1 saturated carbocycles. The molecule has 110 valence electrons. The average molecular weight is 296 g/mol. The minimum Gasteiger partial charge on any atom is -0.281 e. The van der Waals surface area contributed by atoms with E-state index >= 15 is 0 Å². The molecule has 0 unspecified atom stereocenters. The van der Waals surface area contributed by atoms with Crippen LogP contribution < -0.4 is 10.9 Å². The van der Waals surface area contributed by atoms with E-state index in [0.717, 1.165) is 18.9 Å². The maximum absolute atomic E-state index is 12.6. The fraction of sp³-hybridized carbons (Fsp3) is 0.308. The number of fused-ring (bicyclic) bond motifs is 1. The van der Waals surface area contributed by atoms with Gasteiger partial charge in [0.05, 0.1) is 5.52 Å². The maximum Gasteiger partial charge on any atom is 0.433 e. The van der Waals surface area contributed by atoms with E-state index in [2.05, 4.69) is 20.8 Å². The van der Waals surface area contributed by atoms with Crippen LogP contribution in [0.3, 0.4) is 0 Å². The van der Waals surface area contributed by atoms with Gasteiger partial charge in [-0.3, -0.25) is 15.6 Å². The minimum atomic E-state index is -4.49. The van der Waals surface area contributed by atoms with E-state index in [1.807, 2.05) is 0 Å². The molecular formula is C13H11F3N4O. The summed E-state index contributed by atoms with van der Waals surface area (Å²) in [6.45, 7) is 0. The number of carbonyl (C=O) groups excluding carboxylic acids is 1. The lowest BCUT2D eigenvalue weighted by Gasteiger charge is -2.11. The van der Waals surface area contributed by atoms with Crippen LogP contribution in [-0.2, 0) is 11.0 Å². The van der Waals surface area contributed by atoms with Gasteiger partial charge in [-0.05, 0) is 31.0 Å². The molecule has 0 aliphatic heterocycles. The molecule has 5 nitrogen and oxygen atoms in total. The number of hydrogen-bond acceptors (Lipinski definition) is 4. The number of hydrazine groups is 1. The van der Waals surface area contributed by atoms with Crippen LogP contribution in [-0.4, -0.2) is 15.9 Å². The number of hydrogen-bond donors (Lipinski definition) is 2. The molecule has 0 radical (unpaired) electrons.